The van der Waals surface area contributed by atoms with Crippen molar-refractivity contribution >= 4 is 49.9 Å². The van der Waals surface area contributed by atoms with E-state index >= 15 is 0 Å². The molecule has 2 amide bonds. The van der Waals surface area contributed by atoms with Crippen LogP contribution in [0.4, 0.5) is 9.80 Å². The fourth-order valence-corrected chi connectivity index (χ4v) is 7.08. The van der Waals surface area contributed by atoms with Gasteiger partial charge < -0.3 is 25.4 Å². The largest absolute Gasteiger partial charge is 0.465 e. The summed E-state index contributed by atoms with van der Waals surface area (Å²) in [4.78, 5) is 36.2. The third kappa shape index (κ3) is 5.41. The molecule has 5 rings (SSSR count). The summed E-state index contributed by atoms with van der Waals surface area (Å²) in [5, 5.41) is 17.5. The van der Waals surface area contributed by atoms with E-state index in [2.05, 4.69) is 33.8 Å². The first kappa shape index (κ1) is 26.2. The fraction of sp³-hybridized carbons (Fsp3) is 0.333. The molecule has 1 unspecified atom stereocenters. The third-order valence-electron chi connectivity index (χ3n) is 6.61. The Bertz CT molecular complexity index is 1450. The van der Waals surface area contributed by atoms with Crippen LogP contribution in [0.3, 0.4) is 0 Å². The van der Waals surface area contributed by atoms with Gasteiger partial charge >= 0.3 is 6.09 Å². The van der Waals surface area contributed by atoms with Crippen LogP contribution in [0.15, 0.2) is 42.7 Å². The standard InChI is InChI=1S/C27H29N5O4S2/c1-16-24-19(8-13-32(16)27(34)35)23(26(38-24)31-22(33)7-11-29-12-14-36-2)25-30-20-15-18(3-4-21(20)37-25)17-5-9-28-10-6-17/h3-6,9-10,15-16,29H,7-8,11-14H2,1-2H3,(H,31,33)(H,34,35). The van der Waals surface area contributed by atoms with E-state index in [4.69, 9.17) is 9.72 Å². The molecule has 1 aliphatic rings. The van der Waals surface area contributed by atoms with Crippen molar-refractivity contribution in [3.05, 3.63) is 53.2 Å². The summed E-state index contributed by atoms with van der Waals surface area (Å²) in [6.07, 6.45) is 3.50. The van der Waals surface area contributed by atoms with Gasteiger partial charge in [-0.2, -0.15) is 0 Å². The molecule has 3 N–H and O–H groups in total. The molecule has 9 nitrogen and oxygen atoms in total. The molecule has 4 aromatic rings. The Morgan fingerprint density at radius 1 is 1.16 bits per heavy atom. The lowest BCUT2D eigenvalue weighted by Gasteiger charge is -2.31. The highest BCUT2D eigenvalue weighted by Gasteiger charge is 2.34. The number of thiophene rings is 1. The number of carboxylic acid groups (broad SMARTS) is 1. The second-order valence-corrected chi connectivity index (χ2v) is 11.1. The fourth-order valence-electron chi connectivity index (χ4n) is 4.66. The first-order chi connectivity index (χ1) is 18.5. The number of anilines is 1. The molecular weight excluding hydrogens is 522 g/mol. The zero-order valence-electron chi connectivity index (χ0n) is 21.2. The van der Waals surface area contributed by atoms with Gasteiger partial charge in [0.2, 0.25) is 5.91 Å². The van der Waals surface area contributed by atoms with Crippen molar-refractivity contribution in [2.75, 3.05) is 38.7 Å². The summed E-state index contributed by atoms with van der Waals surface area (Å²) in [6, 6.07) is 9.86. The molecule has 1 atom stereocenters. The zero-order valence-corrected chi connectivity index (χ0v) is 22.8. The van der Waals surface area contributed by atoms with Crippen LogP contribution in [-0.2, 0) is 16.0 Å². The van der Waals surface area contributed by atoms with Crippen molar-refractivity contribution in [3.63, 3.8) is 0 Å². The summed E-state index contributed by atoms with van der Waals surface area (Å²) in [6.45, 7) is 4.11. The molecule has 198 valence electrons. The van der Waals surface area contributed by atoms with Crippen LogP contribution >= 0.6 is 22.7 Å². The monoisotopic (exact) mass is 551 g/mol. The number of carbonyl (C=O) groups is 2. The van der Waals surface area contributed by atoms with Crippen molar-refractivity contribution in [1.82, 2.24) is 20.2 Å². The van der Waals surface area contributed by atoms with Crippen LogP contribution in [0.25, 0.3) is 31.9 Å². The molecule has 0 saturated heterocycles. The molecule has 11 heteroatoms. The van der Waals surface area contributed by atoms with Gasteiger partial charge in [-0.3, -0.25) is 9.78 Å². The minimum absolute atomic E-state index is 0.0985. The number of thiazole rings is 1. The van der Waals surface area contributed by atoms with Crippen LogP contribution in [0, 0.1) is 0 Å². The SMILES string of the molecule is COCCNCCC(=O)Nc1sc2c(c1-c1nc3cc(-c4ccncc4)ccc3s1)CCN(C(=O)O)C2C. The van der Waals surface area contributed by atoms with Crippen LogP contribution in [-0.4, -0.2) is 65.3 Å². The number of nitrogens with one attached hydrogen (secondary N) is 2. The van der Waals surface area contributed by atoms with E-state index in [1.54, 1.807) is 30.8 Å². The molecular formula is C27H29N5O4S2. The number of fused-ring (bicyclic) bond motifs is 2. The number of hydrogen-bond acceptors (Lipinski definition) is 8. The highest BCUT2D eigenvalue weighted by molar-refractivity contribution is 7.23. The number of nitrogens with zero attached hydrogens (tertiary/aromatic N) is 3. The lowest BCUT2D eigenvalue weighted by atomic mass is 9.98. The molecule has 1 aliphatic heterocycles. The lowest BCUT2D eigenvalue weighted by Crippen LogP contribution is -2.37. The minimum atomic E-state index is -0.936. The zero-order chi connectivity index (χ0) is 26.6. The van der Waals surface area contributed by atoms with Gasteiger partial charge in [-0.15, -0.1) is 22.7 Å². The van der Waals surface area contributed by atoms with Gasteiger partial charge in [0.1, 0.15) is 10.0 Å². The summed E-state index contributed by atoms with van der Waals surface area (Å²) >= 11 is 3.04. The number of benzene rings is 1. The Balaban J connectivity index is 1.49. The number of pyridine rings is 1. The summed E-state index contributed by atoms with van der Waals surface area (Å²) in [5.41, 5.74) is 4.99. The lowest BCUT2D eigenvalue weighted by molar-refractivity contribution is -0.116. The van der Waals surface area contributed by atoms with Crippen LogP contribution in [0.1, 0.15) is 29.8 Å². The average molecular weight is 552 g/mol. The van der Waals surface area contributed by atoms with Crippen LogP contribution in [0.2, 0.25) is 0 Å². The van der Waals surface area contributed by atoms with Crippen LogP contribution in [0.5, 0.6) is 0 Å². The number of methoxy groups -OCH3 is 1. The van der Waals surface area contributed by atoms with E-state index in [0.29, 0.717) is 39.1 Å². The van der Waals surface area contributed by atoms with E-state index in [-0.39, 0.29) is 11.9 Å². The second kappa shape index (κ2) is 11.6. The van der Waals surface area contributed by atoms with E-state index in [1.165, 1.54) is 16.2 Å². The number of carbonyl (C=O) groups excluding carboxylic acids is 1. The summed E-state index contributed by atoms with van der Waals surface area (Å²) in [7, 11) is 1.64. The van der Waals surface area contributed by atoms with Gasteiger partial charge in [-0.25, -0.2) is 9.78 Å². The molecule has 3 aromatic heterocycles. The highest BCUT2D eigenvalue weighted by Crippen LogP contribution is 2.48. The Labute approximate surface area is 228 Å². The molecule has 0 aliphatic carbocycles. The average Bonchev–Trinajstić information content (AvgIpc) is 3.49. The van der Waals surface area contributed by atoms with E-state index in [1.807, 2.05) is 19.1 Å². The highest BCUT2D eigenvalue weighted by atomic mass is 32.1. The van der Waals surface area contributed by atoms with Crippen molar-refractivity contribution < 1.29 is 19.4 Å². The first-order valence-corrected chi connectivity index (χ1v) is 14.1. The number of ether oxygens (including phenoxy) is 1. The quantitative estimate of drug-likeness (QED) is 0.243. The third-order valence-corrected chi connectivity index (χ3v) is 8.99. The Kier molecular flexibility index (Phi) is 7.98. The maximum Gasteiger partial charge on any atom is 0.407 e. The number of amides is 2. The van der Waals surface area contributed by atoms with Crippen molar-refractivity contribution in [3.8, 4) is 21.7 Å². The number of aromatic nitrogens is 2. The molecule has 0 fully saturated rings. The van der Waals surface area contributed by atoms with Gasteiger partial charge in [0.05, 0.1) is 22.9 Å². The van der Waals surface area contributed by atoms with Gasteiger partial charge in [-0.1, -0.05) is 6.07 Å². The molecule has 1 aromatic carbocycles. The van der Waals surface area contributed by atoms with Gasteiger partial charge in [0.15, 0.2) is 0 Å². The van der Waals surface area contributed by atoms with Crippen molar-refractivity contribution in [1.29, 1.82) is 0 Å². The number of rotatable bonds is 9. The van der Waals surface area contributed by atoms with E-state index in [9.17, 15) is 14.7 Å². The number of hydrogen-bond donors (Lipinski definition) is 3. The molecule has 4 heterocycles. The van der Waals surface area contributed by atoms with Crippen molar-refractivity contribution in [2.45, 2.75) is 25.8 Å². The molecule has 0 bridgehead atoms. The smallest absolute Gasteiger partial charge is 0.407 e. The topological polar surface area (TPSA) is 117 Å². The molecule has 0 saturated carbocycles. The maximum atomic E-state index is 12.9. The summed E-state index contributed by atoms with van der Waals surface area (Å²) in [5.74, 6) is -0.0985. The molecule has 0 spiro atoms. The van der Waals surface area contributed by atoms with Crippen molar-refractivity contribution in [2.24, 2.45) is 0 Å². The maximum absolute atomic E-state index is 12.9. The Hall–Kier alpha value is -3.38. The minimum Gasteiger partial charge on any atom is -0.465 e. The molecule has 38 heavy (non-hydrogen) atoms. The first-order valence-electron chi connectivity index (χ1n) is 12.4. The summed E-state index contributed by atoms with van der Waals surface area (Å²) < 4.78 is 6.08. The Morgan fingerprint density at radius 3 is 2.74 bits per heavy atom. The predicted octanol–water partition coefficient (Wildman–Crippen LogP) is 5.25. The normalized spacial score (nSPS) is 15.0. The van der Waals surface area contributed by atoms with Gasteiger partial charge in [0.25, 0.3) is 0 Å². The van der Waals surface area contributed by atoms with E-state index < -0.39 is 6.09 Å². The van der Waals surface area contributed by atoms with E-state index in [0.717, 1.165) is 47.4 Å². The van der Waals surface area contributed by atoms with Gasteiger partial charge in [-0.05, 0) is 54.3 Å². The predicted molar refractivity (Wildman–Crippen MR) is 151 cm³/mol. The van der Waals surface area contributed by atoms with Crippen LogP contribution < -0.4 is 10.6 Å². The second-order valence-electron chi connectivity index (χ2n) is 9.03. The molecule has 0 radical (unpaired) electrons. The Morgan fingerprint density at radius 2 is 1.97 bits per heavy atom. The van der Waals surface area contributed by atoms with Gasteiger partial charge in [0, 0.05) is 56.0 Å².